The number of phenolic OH excluding ortho intramolecular Hbond substituents is 1. The molecular formula is C15H15FN2O3. The highest BCUT2D eigenvalue weighted by Crippen LogP contribution is 2.27. The molecule has 0 aromatic heterocycles. The topological polar surface area (TPSA) is 86.8 Å². The minimum absolute atomic E-state index is 0.0248. The van der Waals surface area contributed by atoms with E-state index < -0.39 is 11.7 Å². The summed E-state index contributed by atoms with van der Waals surface area (Å²) in [5.41, 5.74) is 6.37. The lowest BCUT2D eigenvalue weighted by Gasteiger charge is -2.23. The molecule has 2 aromatic rings. The van der Waals surface area contributed by atoms with Gasteiger partial charge in [-0.05, 0) is 30.3 Å². The maximum Gasteiger partial charge on any atom is 0.262 e. The average Bonchev–Trinajstić information content (AvgIpc) is 2.47. The molecule has 6 heteroatoms. The number of nitrogen functional groups attached to an aromatic ring is 1. The first-order valence-corrected chi connectivity index (χ1v) is 6.30. The summed E-state index contributed by atoms with van der Waals surface area (Å²) in [7, 11) is 0. The summed E-state index contributed by atoms with van der Waals surface area (Å²) < 4.78 is 13.3. The molecule has 0 aliphatic rings. The molecule has 1 amide bonds. The Morgan fingerprint density at radius 2 is 1.95 bits per heavy atom. The van der Waals surface area contributed by atoms with Crippen molar-refractivity contribution in [2.75, 3.05) is 23.8 Å². The van der Waals surface area contributed by atoms with Crippen LogP contribution in [0.15, 0.2) is 42.5 Å². The van der Waals surface area contributed by atoms with Crippen molar-refractivity contribution in [3.63, 3.8) is 0 Å². The SMILES string of the molecule is Nc1ccccc1N(CCO)C(=O)c1cc(F)ccc1O. The molecule has 110 valence electrons. The van der Waals surface area contributed by atoms with Crippen LogP contribution in [0.2, 0.25) is 0 Å². The Bertz CT molecular complexity index is 661. The van der Waals surface area contributed by atoms with Gasteiger partial charge < -0.3 is 20.8 Å². The summed E-state index contributed by atoms with van der Waals surface area (Å²) >= 11 is 0. The largest absolute Gasteiger partial charge is 0.507 e. The number of aliphatic hydroxyl groups is 1. The van der Waals surface area contributed by atoms with Crippen molar-refractivity contribution in [3.8, 4) is 5.75 Å². The van der Waals surface area contributed by atoms with E-state index in [4.69, 9.17) is 10.8 Å². The highest BCUT2D eigenvalue weighted by molar-refractivity contribution is 6.09. The molecule has 5 nitrogen and oxygen atoms in total. The third-order valence-corrected chi connectivity index (χ3v) is 2.99. The van der Waals surface area contributed by atoms with E-state index in [2.05, 4.69) is 0 Å². The molecule has 4 N–H and O–H groups in total. The number of carbonyl (C=O) groups is 1. The standard InChI is InChI=1S/C15H15FN2O3/c16-10-5-6-14(20)11(9-10)15(21)18(7-8-19)13-4-2-1-3-12(13)17/h1-6,9,19-20H,7-8,17H2. The van der Waals surface area contributed by atoms with Crippen LogP contribution in [0, 0.1) is 5.82 Å². The second-order valence-corrected chi connectivity index (χ2v) is 4.40. The molecule has 0 radical (unpaired) electrons. The minimum Gasteiger partial charge on any atom is -0.507 e. The van der Waals surface area contributed by atoms with Gasteiger partial charge in [-0.3, -0.25) is 4.79 Å². The Labute approximate surface area is 121 Å². The molecule has 2 aromatic carbocycles. The zero-order chi connectivity index (χ0) is 15.4. The smallest absolute Gasteiger partial charge is 0.262 e. The summed E-state index contributed by atoms with van der Waals surface area (Å²) in [6.45, 7) is -0.320. The molecule has 0 fully saturated rings. The van der Waals surface area contributed by atoms with E-state index in [9.17, 15) is 14.3 Å². The van der Waals surface area contributed by atoms with E-state index in [0.717, 1.165) is 18.2 Å². The molecule has 0 heterocycles. The number of anilines is 2. The predicted molar refractivity (Wildman–Crippen MR) is 77.7 cm³/mol. The monoisotopic (exact) mass is 290 g/mol. The van der Waals surface area contributed by atoms with Gasteiger partial charge in [-0.1, -0.05) is 12.1 Å². The number of aromatic hydroxyl groups is 1. The van der Waals surface area contributed by atoms with Gasteiger partial charge in [-0.2, -0.15) is 0 Å². The number of phenols is 1. The molecule has 0 unspecified atom stereocenters. The van der Waals surface area contributed by atoms with E-state index in [1.165, 1.54) is 4.90 Å². The highest BCUT2D eigenvalue weighted by atomic mass is 19.1. The molecule has 0 atom stereocenters. The van der Waals surface area contributed by atoms with Crippen LogP contribution in [-0.4, -0.2) is 29.3 Å². The van der Waals surface area contributed by atoms with Crippen molar-refractivity contribution in [3.05, 3.63) is 53.8 Å². The van der Waals surface area contributed by atoms with E-state index in [1.807, 2.05) is 0 Å². The summed E-state index contributed by atoms with van der Waals surface area (Å²) in [4.78, 5) is 13.7. The first-order chi connectivity index (χ1) is 10.0. The Kier molecular flexibility index (Phi) is 4.39. The van der Waals surface area contributed by atoms with Crippen LogP contribution in [0.3, 0.4) is 0 Å². The first-order valence-electron chi connectivity index (χ1n) is 6.30. The van der Waals surface area contributed by atoms with E-state index >= 15 is 0 Å². The zero-order valence-electron chi connectivity index (χ0n) is 11.2. The lowest BCUT2D eigenvalue weighted by atomic mass is 10.1. The average molecular weight is 290 g/mol. The number of hydrogen-bond donors (Lipinski definition) is 3. The van der Waals surface area contributed by atoms with Crippen molar-refractivity contribution < 1.29 is 19.4 Å². The molecule has 21 heavy (non-hydrogen) atoms. The van der Waals surface area contributed by atoms with Crippen molar-refractivity contribution in [2.45, 2.75) is 0 Å². The number of benzene rings is 2. The van der Waals surface area contributed by atoms with Gasteiger partial charge in [0.1, 0.15) is 11.6 Å². The van der Waals surface area contributed by atoms with Gasteiger partial charge in [0.2, 0.25) is 0 Å². The quantitative estimate of drug-likeness (QED) is 0.749. The van der Waals surface area contributed by atoms with Crippen LogP contribution >= 0.6 is 0 Å². The van der Waals surface area contributed by atoms with Gasteiger partial charge in [0.05, 0.1) is 23.5 Å². The third kappa shape index (κ3) is 3.11. The minimum atomic E-state index is -0.640. The number of hydrogen-bond acceptors (Lipinski definition) is 4. The molecule has 0 aliphatic carbocycles. The van der Waals surface area contributed by atoms with Crippen molar-refractivity contribution in [1.29, 1.82) is 0 Å². The van der Waals surface area contributed by atoms with Crippen LogP contribution in [0.5, 0.6) is 5.75 Å². The van der Waals surface area contributed by atoms with Gasteiger partial charge in [-0.25, -0.2) is 4.39 Å². The Hall–Kier alpha value is -2.60. The first kappa shape index (κ1) is 14.8. The van der Waals surface area contributed by atoms with Crippen LogP contribution in [0.4, 0.5) is 15.8 Å². The summed E-state index contributed by atoms with van der Waals surface area (Å²) in [5, 5.41) is 18.9. The van der Waals surface area contributed by atoms with E-state index in [-0.39, 0.29) is 24.5 Å². The third-order valence-electron chi connectivity index (χ3n) is 2.99. The number of carbonyl (C=O) groups excluding carboxylic acids is 1. The van der Waals surface area contributed by atoms with Gasteiger partial charge >= 0.3 is 0 Å². The van der Waals surface area contributed by atoms with Gasteiger partial charge in [0, 0.05) is 6.54 Å². The van der Waals surface area contributed by atoms with E-state index in [0.29, 0.717) is 11.4 Å². The van der Waals surface area contributed by atoms with Crippen molar-refractivity contribution >= 4 is 17.3 Å². The maximum atomic E-state index is 13.3. The molecule has 0 bridgehead atoms. The Morgan fingerprint density at radius 3 is 2.62 bits per heavy atom. The lowest BCUT2D eigenvalue weighted by Crippen LogP contribution is -2.34. The molecule has 2 rings (SSSR count). The summed E-state index contributed by atoms with van der Waals surface area (Å²) in [6, 6.07) is 9.72. The predicted octanol–water partition coefficient (Wildman–Crippen LogP) is 1.75. The number of rotatable bonds is 4. The van der Waals surface area contributed by atoms with Crippen LogP contribution in [0.25, 0.3) is 0 Å². The Morgan fingerprint density at radius 1 is 1.24 bits per heavy atom. The number of aliphatic hydroxyl groups excluding tert-OH is 1. The van der Waals surface area contributed by atoms with Crippen LogP contribution in [0.1, 0.15) is 10.4 Å². The summed E-state index contributed by atoms with van der Waals surface area (Å²) in [5.74, 6) is -1.61. The lowest BCUT2D eigenvalue weighted by molar-refractivity contribution is 0.0978. The van der Waals surface area contributed by atoms with Gasteiger partial charge in [0.15, 0.2) is 0 Å². The molecule has 0 saturated carbocycles. The second-order valence-electron chi connectivity index (χ2n) is 4.40. The number of halogens is 1. The van der Waals surface area contributed by atoms with Crippen molar-refractivity contribution in [2.24, 2.45) is 0 Å². The highest BCUT2D eigenvalue weighted by Gasteiger charge is 2.22. The van der Waals surface area contributed by atoms with E-state index in [1.54, 1.807) is 24.3 Å². The second kappa shape index (κ2) is 6.23. The maximum absolute atomic E-state index is 13.3. The number of amides is 1. The molecular weight excluding hydrogens is 275 g/mol. The number of nitrogens with zero attached hydrogens (tertiary/aromatic N) is 1. The molecule has 0 aliphatic heterocycles. The normalized spacial score (nSPS) is 10.4. The van der Waals surface area contributed by atoms with Crippen LogP contribution in [-0.2, 0) is 0 Å². The number of nitrogens with two attached hydrogens (primary N) is 1. The van der Waals surface area contributed by atoms with Crippen LogP contribution < -0.4 is 10.6 Å². The van der Waals surface area contributed by atoms with Crippen molar-refractivity contribution in [1.82, 2.24) is 0 Å². The van der Waals surface area contributed by atoms with Gasteiger partial charge in [0.25, 0.3) is 5.91 Å². The zero-order valence-corrected chi connectivity index (χ0v) is 11.2. The summed E-state index contributed by atoms with van der Waals surface area (Å²) in [6.07, 6.45) is 0. The molecule has 0 saturated heterocycles. The van der Waals surface area contributed by atoms with Gasteiger partial charge in [-0.15, -0.1) is 0 Å². The Balaban J connectivity index is 2.45. The number of para-hydroxylation sites is 2. The fourth-order valence-corrected chi connectivity index (χ4v) is 1.99. The fraction of sp³-hybridized carbons (Fsp3) is 0.133. The fourth-order valence-electron chi connectivity index (χ4n) is 1.99. The molecule has 0 spiro atoms.